The predicted octanol–water partition coefficient (Wildman–Crippen LogP) is 5.93. The summed E-state index contributed by atoms with van der Waals surface area (Å²) >= 11 is 21.6. The number of rotatable bonds is 2. The zero-order chi connectivity index (χ0) is 17.6. The number of nitrogens with zero attached hydrogens (tertiary/aromatic N) is 2. The fourth-order valence-electron chi connectivity index (χ4n) is 2.49. The number of fused-ring (bicyclic) bond motifs is 1. The molecule has 0 fully saturated rings. The molecule has 2 heterocycles. The Labute approximate surface area is 161 Å². The van der Waals surface area contributed by atoms with Gasteiger partial charge in [-0.3, -0.25) is 9.20 Å². The second-order valence-electron chi connectivity index (χ2n) is 5.28. The maximum Gasteiger partial charge on any atom is 0.274 e. The van der Waals surface area contributed by atoms with Crippen LogP contribution in [0.15, 0.2) is 28.9 Å². The molecule has 3 aromatic rings. The normalized spacial score (nSPS) is 11.1. The fourth-order valence-corrected chi connectivity index (χ4v) is 3.95. The minimum absolute atomic E-state index is 0.268. The molecule has 0 aliphatic rings. The van der Waals surface area contributed by atoms with Gasteiger partial charge in [-0.2, -0.15) is 0 Å². The number of imidazole rings is 1. The van der Waals surface area contributed by atoms with Crippen LogP contribution < -0.4 is 5.32 Å². The van der Waals surface area contributed by atoms with Gasteiger partial charge >= 0.3 is 0 Å². The van der Waals surface area contributed by atoms with E-state index in [4.69, 9.17) is 34.8 Å². The molecule has 0 unspecified atom stereocenters. The van der Waals surface area contributed by atoms with Crippen LogP contribution in [0.3, 0.4) is 0 Å². The number of pyridine rings is 1. The van der Waals surface area contributed by atoms with Crippen molar-refractivity contribution in [3.05, 3.63) is 60.9 Å². The van der Waals surface area contributed by atoms with Gasteiger partial charge in [-0.1, -0.05) is 34.8 Å². The number of halogens is 4. The zero-order valence-corrected chi connectivity index (χ0v) is 16.5. The van der Waals surface area contributed by atoms with Crippen molar-refractivity contribution < 1.29 is 4.79 Å². The van der Waals surface area contributed by atoms with E-state index in [9.17, 15) is 4.79 Å². The summed E-state index contributed by atoms with van der Waals surface area (Å²) in [6, 6.07) is 4.98. The molecule has 0 atom stereocenters. The Kier molecular flexibility index (Phi) is 4.80. The first-order valence-electron chi connectivity index (χ1n) is 6.88. The molecule has 0 aliphatic heterocycles. The summed E-state index contributed by atoms with van der Waals surface area (Å²) in [4.78, 5) is 17.3. The van der Waals surface area contributed by atoms with Crippen LogP contribution in [-0.4, -0.2) is 15.3 Å². The minimum Gasteiger partial charge on any atom is -0.318 e. The Morgan fingerprint density at radius 2 is 1.79 bits per heavy atom. The second-order valence-corrected chi connectivity index (χ2v) is 7.45. The van der Waals surface area contributed by atoms with Crippen LogP contribution >= 0.6 is 50.7 Å². The van der Waals surface area contributed by atoms with Crippen molar-refractivity contribution >= 4 is 68.0 Å². The van der Waals surface area contributed by atoms with Gasteiger partial charge in [-0.25, -0.2) is 4.98 Å². The number of anilines is 1. The SMILES string of the molecule is Cc1nc2c(C)cc(Br)cn2c1C(=O)Nc1c(Cl)cc(Cl)cc1Cl. The molecule has 0 spiro atoms. The van der Waals surface area contributed by atoms with E-state index < -0.39 is 0 Å². The number of aromatic nitrogens is 2. The van der Waals surface area contributed by atoms with Gasteiger partial charge in [0.15, 0.2) is 0 Å². The summed E-state index contributed by atoms with van der Waals surface area (Å²) in [7, 11) is 0. The van der Waals surface area contributed by atoms with Crippen molar-refractivity contribution in [2.24, 2.45) is 0 Å². The smallest absolute Gasteiger partial charge is 0.274 e. The average molecular weight is 448 g/mol. The molecule has 1 aromatic carbocycles. The molecule has 8 heteroatoms. The highest BCUT2D eigenvalue weighted by molar-refractivity contribution is 9.10. The molecule has 0 radical (unpaired) electrons. The van der Waals surface area contributed by atoms with Crippen molar-refractivity contribution in [2.75, 3.05) is 5.32 Å². The number of hydrogen-bond donors (Lipinski definition) is 1. The van der Waals surface area contributed by atoms with Crippen LogP contribution in [0.2, 0.25) is 15.1 Å². The predicted molar refractivity (Wildman–Crippen MR) is 102 cm³/mol. The first-order valence-corrected chi connectivity index (χ1v) is 8.81. The van der Waals surface area contributed by atoms with Crippen LogP contribution in [0.4, 0.5) is 5.69 Å². The zero-order valence-electron chi connectivity index (χ0n) is 12.6. The van der Waals surface area contributed by atoms with Crippen LogP contribution in [-0.2, 0) is 0 Å². The lowest BCUT2D eigenvalue weighted by Gasteiger charge is -2.10. The minimum atomic E-state index is -0.358. The molecule has 0 bridgehead atoms. The third-order valence-corrected chi connectivity index (χ3v) is 4.75. The maximum absolute atomic E-state index is 12.8. The molecule has 4 nitrogen and oxygen atoms in total. The lowest BCUT2D eigenvalue weighted by molar-refractivity contribution is 0.102. The fraction of sp³-hybridized carbons (Fsp3) is 0.125. The van der Waals surface area contributed by atoms with E-state index in [-0.39, 0.29) is 16.0 Å². The third kappa shape index (κ3) is 3.14. The second kappa shape index (κ2) is 6.56. The molecule has 24 heavy (non-hydrogen) atoms. The topological polar surface area (TPSA) is 46.4 Å². The van der Waals surface area contributed by atoms with Crippen LogP contribution in [0.25, 0.3) is 5.65 Å². The molecule has 124 valence electrons. The third-order valence-electron chi connectivity index (χ3n) is 3.51. The van der Waals surface area contributed by atoms with E-state index >= 15 is 0 Å². The largest absolute Gasteiger partial charge is 0.318 e. The summed E-state index contributed by atoms with van der Waals surface area (Å²) in [5.41, 5.74) is 3.00. The van der Waals surface area contributed by atoms with E-state index in [0.717, 1.165) is 10.0 Å². The Morgan fingerprint density at radius 3 is 2.42 bits per heavy atom. The first-order chi connectivity index (χ1) is 11.3. The van der Waals surface area contributed by atoms with E-state index in [0.29, 0.717) is 27.7 Å². The number of benzene rings is 1. The van der Waals surface area contributed by atoms with E-state index in [1.54, 1.807) is 17.5 Å². The number of hydrogen-bond acceptors (Lipinski definition) is 2. The molecule has 0 saturated heterocycles. The number of aryl methyl sites for hydroxylation is 2. The summed E-state index contributed by atoms with van der Waals surface area (Å²) < 4.78 is 2.59. The monoisotopic (exact) mass is 445 g/mol. The Bertz CT molecular complexity index is 961. The van der Waals surface area contributed by atoms with Crippen LogP contribution in [0, 0.1) is 13.8 Å². The number of carbonyl (C=O) groups excluding carboxylic acids is 1. The van der Waals surface area contributed by atoms with E-state index in [1.807, 2.05) is 13.0 Å². The molecular formula is C16H11BrCl3N3O. The van der Waals surface area contributed by atoms with E-state index in [2.05, 4.69) is 26.2 Å². The van der Waals surface area contributed by atoms with Gasteiger partial charge in [0, 0.05) is 15.7 Å². The average Bonchev–Trinajstić information content (AvgIpc) is 2.79. The highest BCUT2D eigenvalue weighted by Gasteiger charge is 2.20. The molecule has 0 saturated carbocycles. The molecule has 1 amide bonds. The Hall–Kier alpha value is -1.27. The summed E-state index contributed by atoms with van der Waals surface area (Å²) in [6.07, 6.45) is 1.79. The molecular weight excluding hydrogens is 436 g/mol. The molecule has 2 aromatic heterocycles. The van der Waals surface area contributed by atoms with Crippen LogP contribution in [0.5, 0.6) is 0 Å². The van der Waals surface area contributed by atoms with Gasteiger partial charge in [0.2, 0.25) is 0 Å². The summed E-state index contributed by atoms with van der Waals surface area (Å²) in [6.45, 7) is 3.71. The molecule has 0 aliphatic carbocycles. The van der Waals surface area contributed by atoms with Gasteiger partial charge < -0.3 is 5.32 Å². The molecule has 1 N–H and O–H groups in total. The van der Waals surface area contributed by atoms with Gasteiger partial charge in [0.25, 0.3) is 5.91 Å². The van der Waals surface area contributed by atoms with Crippen LogP contribution in [0.1, 0.15) is 21.7 Å². The van der Waals surface area contributed by atoms with Gasteiger partial charge in [-0.15, -0.1) is 0 Å². The van der Waals surface area contributed by atoms with Gasteiger partial charge in [0.05, 0.1) is 21.4 Å². The van der Waals surface area contributed by atoms with Crippen molar-refractivity contribution in [3.63, 3.8) is 0 Å². The van der Waals surface area contributed by atoms with Crippen molar-refractivity contribution in [2.45, 2.75) is 13.8 Å². The highest BCUT2D eigenvalue weighted by Crippen LogP contribution is 2.34. The summed E-state index contributed by atoms with van der Waals surface area (Å²) in [5, 5.41) is 3.68. The Balaban J connectivity index is 2.09. The Morgan fingerprint density at radius 1 is 1.17 bits per heavy atom. The lowest BCUT2D eigenvalue weighted by Crippen LogP contribution is -2.16. The molecule has 3 rings (SSSR count). The van der Waals surface area contributed by atoms with Gasteiger partial charge in [-0.05, 0) is 53.5 Å². The standard InChI is InChI=1S/C16H11BrCl3N3O/c1-7-3-9(17)6-23-14(8(2)21-15(7)23)16(24)22-13-11(19)4-10(18)5-12(13)20/h3-6H,1-2H3,(H,22,24). The number of nitrogens with one attached hydrogen (secondary N) is 1. The first kappa shape index (κ1) is 17.5. The van der Waals surface area contributed by atoms with Crippen molar-refractivity contribution in [1.82, 2.24) is 9.38 Å². The maximum atomic E-state index is 12.8. The van der Waals surface area contributed by atoms with Gasteiger partial charge in [0.1, 0.15) is 11.3 Å². The quantitative estimate of drug-likeness (QED) is 0.530. The number of amides is 1. The van der Waals surface area contributed by atoms with E-state index in [1.165, 1.54) is 12.1 Å². The lowest BCUT2D eigenvalue weighted by atomic mass is 10.2. The van der Waals surface area contributed by atoms with Crippen molar-refractivity contribution in [3.8, 4) is 0 Å². The highest BCUT2D eigenvalue weighted by atomic mass is 79.9. The number of carbonyl (C=O) groups is 1. The van der Waals surface area contributed by atoms with Crippen molar-refractivity contribution in [1.29, 1.82) is 0 Å². The summed E-state index contributed by atoms with van der Waals surface area (Å²) in [5.74, 6) is -0.358.